The average Bonchev–Trinajstić information content (AvgIpc) is 4.09. The molecule has 0 amide bonds. The van der Waals surface area contributed by atoms with E-state index in [0.717, 1.165) is 65.3 Å². The molecule has 0 unspecified atom stereocenters. The summed E-state index contributed by atoms with van der Waals surface area (Å²) in [5, 5.41) is 10.1. The maximum absolute atomic E-state index is 10.1. The highest BCUT2D eigenvalue weighted by Gasteiger charge is 2.35. The molecule has 0 aliphatic carbocycles. The molecule has 0 radical (unpaired) electrons. The van der Waals surface area contributed by atoms with E-state index in [1.165, 1.54) is 74.1 Å². The standard InChI is InChI=1S/C28H31NO4.C28H31NO3/c1-31-24-11-12-27-25(18-24)28(26(19-33-27)21-5-4-6-22(30)17-21)20-7-9-23(10-8-20)32-16-15-29-13-2-3-14-29;1-30-24-13-14-27-25(19-24)28(26(20-32-27)21-7-3-2-4-8-21)22-9-11-23(12-10-22)31-18-17-29-15-5-6-16-29/h4-12,17-18,26,28,30H,2-3,13-16,19H2,1H3;2-4,7-14,19,26,28H,5-6,15-18,20H2,1H3/t2*26-,28-/m00/s1. The number of nitrogens with zero attached hydrogens (tertiary/aromatic N) is 2. The third-order valence-corrected chi connectivity index (χ3v) is 13.5. The quantitative estimate of drug-likeness (QED) is 0.115. The van der Waals surface area contributed by atoms with Crippen molar-refractivity contribution in [2.45, 2.75) is 49.4 Å². The van der Waals surface area contributed by atoms with E-state index < -0.39 is 0 Å². The number of aromatic hydroxyl groups is 1. The van der Waals surface area contributed by atoms with Crippen LogP contribution < -0.4 is 28.4 Å². The van der Waals surface area contributed by atoms with Gasteiger partial charge in [0.05, 0.1) is 27.4 Å². The van der Waals surface area contributed by atoms with Crippen molar-refractivity contribution < 1.29 is 33.5 Å². The number of phenols is 1. The summed E-state index contributed by atoms with van der Waals surface area (Å²) in [6.45, 7) is 9.41. The summed E-state index contributed by atoms with van der Waals surface area (Å²) in [6.07, 6.45) is 5.22. The number of fused-ring (bicyclic) bond motifs is 2. The van der Waals surface area contributed by atoms with Crippen molar-refractivity contribution in [3.05, 3.63) is 173 Å². The summed E-state index contributed by atoms with van der Waals surface area (Å²) in [5.74, 6) is 6.14. The first-order valence-electron chi connectivity index (χ1n) is 23.4. The van der Waals surface area contributed by atoms with Gasteiger partial charge in [0.2, 0.25) is 0 Å². The van der Waals surface area contributed by atoms with Crippen LogP contribution in [-0.4, -0.2) is 94.8 Å². The molecule has 10 rings (SSSR count). The summed E-state index contributed by atoms with van der Waals surface area (Å²) in [7, 11) is 3.39. The van der Waals surface area contributed by atoms with E-state index in [1.54, 1.807) is 20.3 Å². The maximum atomic E-state index is 10.1. The molecule has 4 atom stereocenters. The molecule has 2 fully saturated rings. The van der Waals surface area contributed by atoms with Gasteiger partial charge in [-0.3, -0.25) is 9.80 Å². The van der Waals surface area contributed by atoms with Crippen molar-refractivity contribution in [3.63, 3.8) is 0 Å². The average molecular weight is 875 g/mol. The Labute approximate surface area is 384 Å². The van der Waals surface area contributed by atoms with Crippen molar-refractivity contribution in [2.75, 3.05) is 79.9 Å². The fraction of sp³-hybridized carbons (Fsp3) is 0.357. The van der Waals surface area contributed by atoms with Crippen LogP contribution in [0.1, 0.15) is 82.7 Å². The molecule has 4 heterocycles. The lowest BCUT2D eigenvalue weighted by molar-refractivity contribution is 0.237. The molecule has 0 spiro atoms. The fourth-order valence-electron chi connectivity index (χ4n) is 10.0. The number of benzene rings is 6. The van der Waals surface area contributed by atoms with Gasteiger partial charge in [-0.2, -0.15) is 0 Å². The number of methoxy groups -OCH3 is 2. The summed E-state index contributed by atoms with van der Waals surface area (Å²) < 4.78 is 35.4. The predicted molar refractivity (Wildman–Crippen MR) is 256 cm³/mol. The number of hydrogen-bond acceptors (Lipinski definition) is 9. The number of likely N-dealkylation sites (tertiary alicyclic amines) is 2. The third-order valence-electron chi connectivity index (χ3n) is 13.5. The summed E-state index contributed by atoms with van der Waals surface area (Å²) >= 11 is 0. The highest BCUT2D eigenvalue weighted by atomic mass is 16.5. The van der Waals surface area contributed by atoms with Crippen molar-refractivity contribution in [1.82, 2.24) is 9.80 Å². The van der Waals surface area contributed by atoms with Crippen molar-refractivity contribution in [3.8, 4) is 40.2 Å². The third kappa shape index (κ3) is 10.7. The summed E-state index contributed by atoms with van der Waals surface area (Å²) in [4.78, 5) is 4.94. The zero-order valence-corrected chi connectivity index (χ0v) is 37.8. The lowest BCUT2D eigenvalue weighted by Gasteiger charge is -2.34. The van der Waals surface area contributed by atoms with Crippen LogP contribution >= 0.6 is 0 Å². The Bertz CT molecular complexity index is 2430. The number of phenolic OH excluding ortho intramolecular Hbond substituents is 1. The second-order valence-electron chi connectivity index (χ2n) is 17.5. The van der Waals surface area contributed by atoms with Crippen LogP contribution in [0.2, 0.25) is 0 Å². The van der Waals surface area contributed by atoms with Crippen LogP contribution in [0.15, 0.2) is 140 Å². The van der Waals surface area contributed by atoms with E-state index in [1.807, 2.05) is 36.4 Å². The van der Waals surface area contributed by atoms with Gasteiger partial charge >= 0.3 is 0 Å². The largest absolute Gasteiger partial charge is 0.508 e. The summed E-state index contributed by atoms with van der Waals surface area (Å²) in [6, 6.07) is 47.3. The highest BCUT2D eigenvalue weighted by molar-refractivity contribution is 5.53. The Morgan fingerprint density at radius 3 is 1.38 bits per heavy atom. The molecule has 4 aliphatic rings. The van der Waals surface area contributed by atoms with Gasteiger partial charge in [0.25, 0.3) is 0 Å². The minimum Gasteiger partial charge on any atom is -0.508 e. The van der Waals surface area contributed by atoms with E-state index in [-0.39, 0.29) is 29.4 Å². The van der Waals surface area contributed by atoms with Crippen LogP contribution in [0, 0.1) is 0 Å². The van der Waals surface area contributed by atoms with E-state index in [2.05, 4.69) is 107 Å². The van der Waals surface area contributed by atoms with Crippen LogP contribution in [0.4, 0.5) is 0 Å². The topological polar surface area (TPSA) is 82.1 Å². The molecule has 0 saturated carbocycles. The predicted octanol–water partition coefficient (Wildman–Crippen LogP) is 10.7. The Kier molecular flexibility index (Phi) is 14.4. The molecule has 338 valence electrons. The van der Waals surface area contributed by atoms with Gasteiger partial charge in [-0.1, -0.05) is 66.7 Å². The first-order chi connectivity index (χ1) is 32.0. The van der Waals surface area contributed by atoms with Gasteiger partial charge < -0.3 is 33.5 Å². The first kappa shape index (κ1) is 44.1. The van der Waals surface area contributed by atoms with E-state index in [9.17, 15) is 5.11 Å². The first-order valence-corrected chi connectivity index (χ1v) is 23.4. The zero-order valence-electron chi connectivity index (χ0n) is 37.8. The van der Waals surface area contributed by atoms with Crippen LogP contribution in [0.25, 0.3) is 0 Å². The molecule has 9 nitrogen and oxygen atoms in total. The molecule has 2 saturated heterocycles. The minimum absolute atomic E-state index is 0.0682. The smallest absolute Gasteiger partial charge is 0.123 e. The lowest BCUT2D eigenvalue weighted by atomic mass is 9.76. The number of ether oxygens (including phenoxy) is 6. The van der Waals surface area contributed by atoms with E-state index in [4.69, 9.17) is 28.4 Å². The Morgan fingerprint density at radius 1 is 0.477 bits per heavy atom. The second-order valence-corrected chi connectivity index (χ2v) is 17.5. The molecule has 4 aliphatic heterocycles. The highest BCUT2D eigenvalue weighted by Crippen LogP contribution is 2.49. The molecular weight excluding hydrogens is 813 g/mol. The number of rotatable bonds is 14. The van der Waals surface area contributed by atoms with Crippen LogP contribution in [0.5, 0.6) is 40.2 Å². The normalized spacial score (nSPS) is 20.3. The van der Waals surface area contributed by atoms with Gasteiger partial charge in [-0.25, -0.2) is 0 Å². The SMILES string of the molecule is COc1ccc2c(c1)[C@H](c1ccc(OCCN3CCCC3)cc1)[C@H](c1cccc(O)c1)CO2.COc1ccc2c(c1)[C@H](c1ccc(OCCN3CCCC3)cc1)[C@H](c1ccccc1)CO2. The molecule has 0 aromatic heterocycles. The minimum atomic E-state index is 0.0682. The Hall–Kier alpha value is -6.16. The van der Waals surface area contributed by atoms with Crippen molar-refractivity contribution in [1.29, 1.82) is 0 Å². The Balaban J connectivity index is 0.000000164. The van der Waals surface area contributed by atoms with Crippen LogP contribution in [0.3, 0.4) is 0 Å². The van der Waals surface area contributed by atoms with Gasteiger partial charge in [-0.15, -0.1) is 0 Å². The van der Waals surface area contributed by atoms with Gasteiger partial charge in [0, 0.05) is 47.9 Å². The van der Waals surface area contributed by atoms with Gasteiger partial charge in [0.1, 0.15) is 53.5 Å². The molecular formula is C56H62N2O7. The van der Waals surface area contributed by atoms with Gasteiger partial charge in [0.15, 0.2) is 0 Å². The second kappa shape index (κ2) is 21.2. The fourth-order valence-corrected chi connectivity index (χ4v) is 10.0. The monoisotopic (exact) mass is 874 g/mol. The molecule has 1 N–H and O–H groups in total. The lowest BCUT2D eigenvalue weighted by Crippen LogP contribution is -2.25. The molecule has 9 heteroatoms. The Morgan fingerprint density at radius 2 is 0.923 bits per heavy atom. The molecule has 6 aromatic rings. The van der Waals surface area contributed by atoms with E-state index >= 15 is 0 Å². The molecule has 6 aromatic carbocycles. The molecule has 65 heavy (non-hydrogen) atoms. The molecule has 0 bridgehead atoms. The van der Waals surface area contributed by atoms with Crippen molar-refractivity contribution in [2.24, 2.45) is 0 Å². The summed E-state index contributed by atoms with van der Waals surface area (Å²) in [5.41, 5.74) is 7.07. The maximum Gasteiger partial charge on any atom is 0.123 e. The van der Waals surface area contributed by atoms with E-state index in [0.29, 0.717) is 19.8 Å². The van der Waals surface area contributed by atoms with Gasteiger partial charge in [-0.05, 0) is 147 Å². The van der Waals surface area contributed by atoms with Crippen molar-refractivity contribution >= 4 is 0 Å². The van der Waals surface area contributed by atoms with Crippen LogP contribution in [-0.2, 0) is 0 Å². The zero-order chi connectivity index (χ0) is 44.4. The number of hydrogen-bond donors (Lipinski definition) is 1.